The van der Waals surface area contributed by atoms with E-state index in [1.165, 1.54) is 24.7 Å². The van der Waals surface area contributed by atoms with E-state index in [4.69, 9.17) is 15.2 Å². The molecule has 34 heavy (non-hydrogen) atoms. The summed E-state index contributed by atoms with van der Waals surface area (Å²) in [6, 6.07) is 8.33. The van der Waals surface area contributed by atoms with Crippen LogP contribution in [0, 0.1) is 5.82 Å². The number of fused-ring (bicyclic) bond motifs is 1. The number of amides is 1. The molecule has 9 heteroatoms. The Morgan fingerprint density at radius 3 is 2.68 bits per heavy atom. The number of aromatic nitrogens is 2. The zero-order valence-corrected chi connectivity index (χ0v) is 19.6. The van der Waals surface area contributed by atoms with Crippen molar-refractivity contribution in [3.63, 3.8) is 0 Å². The van der Waals surface area contributed by atoms with Crippen LogP contribution < -0.4 is 20.5 Å². The first-order chi connectivity index (χ1) is 16.2. The Morgan fingerprint density at radius 1 is 1.21 bits per heavy atom. The monoisotopic (exact) mass is 465 g/mol. The van der Waals surface area contributed by atoms with Gasteiger partial charge >= 0.3 is 0 Å². The molecule has 2 heterocycles. The summed E-state index contributed by atoms with van der Waals surface area (Å²) >= 11 is 0. The number of rotatable bonds is 8. The van der Waals surface area contributed by atoms with Crippen LogP contribution >= 0.6 is 0 Å². The van der Waals surface area contributed by atoms with E-state index in [1.807, 2.05) is 45.9 Å². The maximum atomic E-state index is 14.7. The SMILES string of the molecule is CCOc1ccc2nccc(Oc3cnc(CC(=O)N/C(C=NC(C)(C)C)=C/N)c(F)c3)c2c1. The molecule has 2 aromatic heterocycles. The minimum absolute atomic E-state index is 0.0211. The van der Waals surface area contributed by atoms with Gasteiger partial charge in [-0.2, -0.15) is 0 Å². The van der Waals surface area contributed by atoms with Crippen molar-refractivity contribution in [1.29, 1.82) is 0 Å². The largest absolute Gasteiger partial charge is 0.494 e. The van der Waals surface area contributed by atoms with Crippen LogP contribution in [0.3, 0.4) is 0 Å². The van der Waals surface area contributed by atoms with E-state index in [1.54, 1.807) is 12.3 Å². The number of hydrogen-bond acceptors (Lipinski definition) is 7. The molecule has 1 aromatic carbocycles. The number of pyridine rings is 2. The average Bonchev–Trinajstić information content (AvgIpc) is 2.78. The van der Waals surface area contributed by atoms with Gasteiger partial charge in [0.05, 0.1) is 41.7 Å². The number of aliphatic imine (C=N–C) groups is 1. The number of carbonyl (C=O) groups excluding carboxylic acids is 1. The van der Waals surface area contributed by atoms with Crippen LogP contribution in [0.1, 0.15) is 33.4 Å². The summed E-state index contributed by atoms with van der Waals surface area (Å²) in [7, 11) is 0. The van der Waals surface area contributed by atoms with Crippen molar-refractivity contribution in [3.8, 4) is 17.2 Å². The molecule has 0 radical (unpaired) electrons. The lowest BCUT2D eigenvalue weighted by Crippen LogP contribution is -2.27. The van der Waals surface area contributed by atoms with Gasteiger partial charge in [0.15, 0.2) is 0 Å². The summed E-state index contributed by atoms with van der Waals surface area (Å²) in [5.41, 5.74) is 6.22. The Hall–Kier alpha value is -4.01. The zero-order chi connectivity index (χ0) is 24.7. The fourth-order valence-corrected chi connectivity index (χ4v) is 2.94. The third-order valence-electron chi connectivity index (χ3n) is 4.49. The molecule has 0 atom stereocenters. The van der Waals surface area contributed by atoms with Gasteiger partial charge in [-0.25, -0.2) is 4.39 Å². The molecule has 8 nitrogen and oxygen atoms in total. The Kier molecular flexibility index (Phi) is 7.78. The van der Waals surface area contributed by atoms with Gasteiger partial charge in [0.2, 0.25) is 5.91 Å². The lowest BCUT2D eigenvalue weighted by molar-refractivity contribution is -0.119. The van der Waals surface area contributed by atoms with E-state index in [9.17, 15) is 9.18 Å². The third-order valence-corrected chi connectivity index (χ3v) is 4.49. The number of halogens is 1. The number of nitrogens with two attached hydrogens (primary N) is 1. The van der Waals surface area contributed by atoms with Gasteiger partial charge < -0.3 is 20.5 Å². The Labute approximate surface area is 197 Å². The molecule has 3 rings (SSSR count). The van der Waals surface area contributed by atoms with Gasteiger partial charge in [0, 0.05) is 30.1 Å². The molecule has 3 N–H and O–H groups in total. The highest BCUT2D eigenvalue weighted by Gasteiger charge is 2.14. The van der Waals surface area contributed by atoms with Crippen molar-refractivity contribution in [2.75, 3.05) is 6.61 Å². The molecule has 1 amide bonds. The maximum Gasteiger partial charge on any atom is 0.230 e. The number of nitrogens with zero attached hydrogens (tertiary/aromatic N) is 3. The summed E-state index contributed by atoms with van der Waals surface area (Å²) in [5, 5.41) is 3.31. The molecule has 0 aliphatic rings. The summed E-state index contributed by atoms with van der Waals surface area (Å²) < 4.78 is 26.1. The highest BCUT2D eigenvalue weighted by molar-refractivity contribution is 5.89. The molecule has 0 unspecified atom stereocenters. The van der Waals surface area contributed by atoms with E-state index in [0.29, 0.717) is 29.3 Å². The van der Waals surface area contributed by atoms with E-state index in [2.05, 4.69) is 20.3 Å². The predicted molar refractivity (Wildman–Crippen MR) is 130 cm³/mol. The minimum atomic E-state index is -0.664. The van der Waals surface area contributed by atoms with Crippen molar-refractivity contribution in [3.05, 3.63) is 66.1 Å². The van der Waals surface area contributed by atoms with E-state index in [0.717, 1.165) is 5.39 Å². The number of allylic oxidation sites excluding steroid dienone is 1. The normalized spacial score (nSPS) is 12.2. The van der Waals surface area contributed by atoms with Gasteiger partial charge in [-0.3, -0.25) is 19.8 Å². The number of ether oxygens (including phenoxy) is 2. The fourth-order valence-electron chi connectivity index (χ4n) is 2.94. The molecular formula is C25H28FN5O3. The number of nitrogens with one attached hydrogen (secondary N) is 1. The molecule has 3 aromatic rings. The van der Waals surface area contributed by atoms with Crippen molar-refractivity contribution >= 4 is 23.0 Å². The Balaban J connectivity index is 1.73. The van der Waals surface area contributed by atoms with E-state index >= 15 is 0 Å². The third kappa shape index (κ3) is 6.74. The molecule has 0 aliphatic heterocycles. The van der Waals surface area contributed by atoms with Gasteiger partial charge in [0.1, 0.15) is 23.1 Å². The molecular weight excluding hydrogens is 437 g/mol. The highest BCUT2D eigenvalue weighted by atomic mass is 19.1. The van der Waals surface area contributed by atoms with Gasteiger partial charge in [-0.05, 0) is 52.0 Å². The number of carbonyl (C=O) groups is 1. The highest BCUT2D eigenvalue weighted by Crippen LogP contribution is 2.31. The lowest BCUT2D eigenvalue weighted by atomic mass is 10.1. The Morgan fingerprint density at radius 2 is 2.00 bits per heavy atom. The van der Waals surface area contributed by atoms with Crippen LogP contribution in [0.15, 0.2) is 59.6 Å². The molecule has 0 bridgehead atoms. The first kappa shape index (κ1) is 24.6. The predicted octanol–water partition coefficient (Wildman–Crippen LogP) is 4.29. The van der Waals surface area contributed by atoms with Crippen LogP contribution in [0.2, 0.25) is 0 Å². The van der Waals surface area contributed by atoms with Gasteiger partial charge in [-0.1, -0.05) is 0 Å². The first-order valence-corrected chi connectivity index (χ1v) is 10.8. The standard InChI is InChI=1S/C25H28FN5O3/c1-5-33-17-6-7-21-19(10-17)23(8-9-28-21)34-18-11-20(26)22(29-15-18)12-24(32)31-16(13-27)14-30-25(2,3)4/h6-11,13-15H,5,12,27H2,1-4H3,(H,31,32)/b16-13+,30-14?. The fraction of sp³-hybridized carbons (Fsp3) is 0.280. The quantitative estimate of drug-likeness (QED) is 0.480. The summed E-state index contributed by atoms with van der Waals surface area (Å²) in [6.07, 6.45) is 5.39. The van der Waals surface area contributed by atoms with Crippen molar-refractivity contribution in [2.45, 2.75) is 39.7 Å². The molecule has 0 saturated heterocycles. The van der Waals surface area contributed by atoms with Crippen LogP contribution in [-0.4, -0.2) is 34.2 Å². The summed E-state index contributed by atoms with van der Waals surface area (Å²) in [4.78, 5) is 25.0. The number of hydrogen-bond donors (Lipinski definition) is 2. The molecule has 0 aliphatic carbocycles. The molecule has 0 spiro atoms. The second kappa shape index (κ2) is 10.7. The van der Waals surface area contributed by atoms with Crippen LogP contribution in [0.25, 0.3) is 10.9 Å². The number of benzene rings is 1. The van der Waals surface area contributed by atoms with Crippen LogP contribution in [0.5, 0.6) is 17.2 Å². The van der Waals surface area contributed by atoms with Crippen molar-refractivity contribution < 1.29 is 18.7 Å². The Bertz CT molecular complexity index is 1230. The second-order valence-corrected chi connectivity index (χ2v) is 8.40. The van der Waals surface area contributed by atoms with Gasteiger partial charge in [-0.15, -0.1) is 0 Å². The average molecular weight is 466 g/mol. The summed E-state index contributed by atoms with van der Waals surface area (Å²) in [6.45, 7) is 8.16. The van der Waals surface area contributed by atoms with Crippen LogP contribution in [-0.2, 0) is 11.2 Å². The maximum absolute atomic E-state index is 14.7. The van der Waals surface area contributed by atoms with Crippen LogP contribution in [0.4, 0.5) is 4.39 Å². The second-order valence-electron chi connectivity index (χ2n) is 8.40. The molecule has 0 saturated carbocycles. The zero-order valence-electron chi connectivity index (χ0n) is 19.6. The molecule has 178 valence electrons. The first-order valence-electron chi connectivity index (χ1n) is 10.8. The topological polar surface area (TPSA) is 112 Å². The van der Waals surface area contributed by atoms with E-state index < -0.39 is 11.7 Å². The van der Waals surface area contributed by atoms with E-state index in [-0.39, 0.29) is 23.4 Å². The minimum Gasteiger partial charge on any atom is -0.494 e. The van der Waals surface area contributed by atoms with Gasteiger partial charge in [0.25, 0.3) is 0 Å². The smallest absolute Gasteiger partial charge is 0.230 e. The van der Waals surface area contributed by atoms with Crippen molar-refractivity contribution in [1.82, 2.24) is 15.3 Å². The molecule has 0 fully saturated rings. The lowest BCUT2D eigenvalue weighted by Gasteiger charge is -2.12. The summed E-state index contributed by atoms with van der Waals surface area (Å²) in [5.74, 6) is 0.213. The van der Waals surface area contributed by atoms with Crippen molar-refractivity contribution in [2.24, 2.45) is 10.7 Å².